The standard InChI is InChI=1S/C39H74NO7P/c1-3-5-7-9-11-13-15-17-19-20-22-24-26-28-30-32-39(41)47-38(37-46-48(42,43)45-35-33-40)36-44-34-31-29-27-25-23-21-18-16-14-12-10-8-6-4-2/h11,13,17,19,31,34,38H,3-10,12,14-16,18,20-30,32-33,35-37,40H2,1-2H3,(H,42,43)/b13-11-,19-17-,34-31-/t38-/m1/s1. The van der Waals surface area contributed by atoms with Gasteiger partial charge in [-0.25, -0.2) is 4.57 Å². The maximum absolute atomic E-state index is 12.5. The first kappa shape index (κ1) is 46.6. The molecule has 9 heteroatoms. The van der Waals surface area contributed by atoms with E-state index in [2.05, 4.69) is 38.2 Å². The average molecular weight is 700 g/mol. The first-order valence-corrected chi connectivity index (χ1v) is 21.0. The number of phosphoric ester groups is 1. The van der Waals surface area contributed by atoms with Crippen molar-refractivity contribution < 1.29 is 32.8 Å². The summed E-state index contributed by atoms with van der Waals surface area (Å²) in [6.07, 6.45) is 41.0. The molecule has 282 valence electrons. The van der Waals surface area contributed by atoms with Crippen molar-refractivity contribution in [1.29, 1.82) is 0 Å². The van der Waals surface area contributed by atoms with Gasteiger partial charge in [-0.05, 0) is 57.4 Å². The largest absolute Gasteiger partial charge is 0.498 e. The van der Waals surface area contributed by atoms with Crippen molar-refractivity contribution in [3.63, 3.8) is 0 Å². The number of phosphoric acid groups is 1. The number of allylic oxidation sites excluding steroid dienone is 5. The molecule has 0 aromatic heterocycles. The fourth-order valence-electron chi connectivity index (χ4n) is 5.23. The Hall–Kier alpha value is -1.44. The maximum Gasteiger partial charge on any atom is 0.472 e. The van der Waals surface area contributed by atoms with E-state index in [-0.39, 0.29) is 38.8 Å². The highest BCUT2D eigenvalue weighted by molar-refractivity contribution is 7.47. The highest BCUT2D eigenvalue weighted by Gasteiger charge is 2.25. The van der Waals surface area contributed by atoms with Gasteiger partial charge in [-0.15, -0.1) is 0 Å². The third kappa shape index (κ3) is 35.9. The van der Waals surface area contributed by atoms with Crippen LogP contribution < -0.4 is 5.73 Å². The van der Waals surface area contributed by atoms with E-state index in [0.717, 1.165) is 57.8 Å². The van der Waals surface area contributed by atoms with Crippen molar-refractivity contribution in [2.45, 2.75) is 180 Å². The SMILES string of the molecule is CCCCC/C=C\C/C=C\CCCCCCCC(=O)O[C@H](CO/C=C\CCCCCCCCCCCCCC)COP(=O)(O)OCCN. The fraction of sp³-hybridized carbons (Fsp3) is 0.821. The lowest BCUT2D eigenvalue weighted by Gasteiger charge is -2.19. The summed E-state index contributed by atoms with van der Waals surface area (Å²) in [5, 5.41) is 0. The van der Waals surface area contributed by atoms with Gasteiger partial charge in [-0.2, -0.15) is 0 Å². The van der Waals surface area contributed by atoms with Crippen LogP contribution in [0.4, 0.5) is 0 Å². The molecular formula is C39H74NO7P. The second kappa shape index (κ2) is 36.8. The van der Waals surface area contributed by atoms with E-state index in [9.17, 15) is 14.3 Å². The van der Waals surface area contributed by atoms with Gasteiger partial charge < -0.3 is 20.1 Å². The zero-order valence-electron chi connectivity index (χ0n) is 31.0. The minimum Gasteiger partial charge on any atom is -0.498 e. The molecule has 0 heterocycles. The predicted molar refractivity (Wildman–Crippen MR) is 201 cm³/mol. The average Bonchev–Trinajstić information content (AvgIpc) is 3.07. The number of hydrogen-bond donors (Lipinski definition) is 2. The molecule has 0 radical (unpaired) electrons. The summed E-state index contributed by atoms with van der Waals surface area (Å²) in [6, 6.07) is 0. The Kier molecular flexibility index (Phi) is 35.7. The van der Waals surface area contributed by atoms with Gasteiger partial charge in [0.15, 0.2) is 6.10 Å². The first-order valence-electron chi connectivity index (χ1n) is 19.5. The number of nitrogens with two attached hydrogens (primary N) is 1. The number of rotatable bonds is 37. The third-order valence-electron chi connectivity index (χ3n) is 8.12. The minimum atomic E-state index is -4.29. The summed E-state index contributed by atoms with van der Waals surface area (Å²) in [5.41, 5.74) is 5.35. The molecule has 0 amide bonds. The quantitative estimate of drug-likeness (QED) is 0.0216. The van der Waals surface area contributed by atoms with Gasteiger partial charge in [0.25, 0.3) is 0 Å². The molecule has 3 N–H and O–H groups in total. The van der Waals surface area contributed by atoms with Gasteiger partial charge in [0, 0.05) is 13.0 Å². The number of carbonyl (C=O) groups is 1. The zero-order chi connectivity index (χ0) is 35.2. The molecule has 2 atom stereocenters. The Morgan fingerprint density at radius 3 is 1.69 bits per heavy atom. The highest BCUT2D eigenvalue weighted by atomic mass is 31.2. The van der Waals surface area contributed by atoms with Gasteiger partial charge in [-0.1, -0.05) is 141 Å². The van der Waals surface area contributed by atoms with Gasteiger partial charge in [-0.3, -0.25) is 13.8 Å². The van der Waals surface area contributed by atoms with Crippen molar-refractivity contribution >= 4 is 13.8 Å². The van der Waals surface area contributed by atoms with Gasteiger partial charge in [0.2, 0.25) is 0 Å². The van der Waals surface area contributed by atoms with Gasteiger partial charge >= 0.3 is 13.8 Å². The Morgan fingerprint density at radius 2 is 1.12 bits per heavy atom. The van der Waals surface area contributed by atoms with E-state index >= 15 is 0 Å². The van der Waals surface area contributed by atoms with E-state index in [1.54, 1.807) is 6.26 Å². The lowest BCUT2D eigenvalue weighted by Crippen LogP contribution is -2.27. The Balaban J connectivity index is 4.16. The lowest BCUT2D eigenvalue weighted by molar-refractivity contribution is -0.153. The molecule has 0 saturated heterocycles. The molecule has 0 spiro atoms. The van der Waals surface area contributed by atoms with Crippen molar-refractivity contribution in [2.75, 3.05) is 26.4 Å². The van der Waals surface area contributed by atoms with Gasteiger partial charge in [0.1, 0.15) is 6.61 Å². The molecule has 0 aliphatic carbocycles. The fourth-order valence-corrected chi connectivity index (χ4v) is 5.99. The minimum absolute atomic E-state index is 0.0275. The topological polar surface area (TPSA) is 117 Å². The van der Waals surface area contributed by atoms with Crippen molar-refractivity contribution in [1.82, 2.24) is 0 Å². The summed E-state index contributed by atoms with van der Waals surface area (Å²) < 4.78 is 33.1. The van der Waals surface area contributed by atoms with Crippen LogP contribution in [-0.2, 0) is 27.9 Å². The second-order valence-electron chi connectivity index (χ2n) is 12.9. The van der Waals surface area contributed by atoms with E-state index < -0.39 is 13.9 Å². The molecule has 48 heavy (non-hydrogen) atoms. The summed E-state index contributed by atoms with van der Waals surface area (Å²) >= 11 is 0. The summed E-state index contributed by atoms with van der Waals surface area (Å²) in [6.45, 7) is 4.19. The number of carbonyl (C=O) groups excluding carboxylic acids is 1. The Labute approximate surface area is 295 Å². The van der Waals surface area contributed by atoms with Crippen molar-refractivity contribution in [3.8, 4) is 0 Å². The third-order valence-corrected chi connectivity index (χ3v) is 9.11. The molecule has 8 nitrogen and oxygen atoms in total. The van der Waals surface area contributed by atoms with Crippen LogP contribution in [-0.4, -0.2) is 43.3 Å². The van der Waals surface area contributed by atoms with Crippen LogP contribution >= 0.6 is 7.82 Å². The van der Waals surface area contributed by atoms with Crippen LogP contribution in [0.3, 0.4) is 0 Å². The normalized spacial score (nSPS) is 13.9. The Bertz CT molecular complexity index is 833. The number of esters is 1. The molecule has 0 bridgehead atoms. The summed E-state index contributed by atoms with van der Waals surface area (Å²) in [7, 11) is -4.29. The molecule has 0 aliphatic heterocycles. The second-order valence-corrected chi connectivity index (χ2v) is 14.3. The monoisotopic (exact) mass is 700 g/mol. The number of ether oxygens (including phenoxy) is 2. The molecule has 0 aromatic carbocycles. The zero-order valence-corrected chi connectivity index (χ0v) is 31.9. The van der Waals surface area contributed by atoms with Gasteiger partial charge in [0.05, 0.1) is 19.5 Å². The number of unbranched alkanes of at least 4 members (excludes halogenated alkanes) is 20. The molecule has 1 unspecified atom stereocenters. The van der Waals surface area contributed by atoms with Crippen LogP contribution in [0.1, 0.15) is 174 Å². The van der Waals surface area contributed by atoms with Crippen molar-refractivity contribution in [2.24, 2.45) is 5.73 Å². The first-order chi connectivity index (χ1) is 23.4. The summed E-state index contributed by atoms with van der Waals surface area (Å²) in [4.78, 5) is 22.4. The van der Waals surface area contributed by atoms with Crippen LogP contribution in [0, 0.1) is 0 Å². The molecule has 0 saturated carbocycles. The predicted octanol–water partition coefficient (Wildman–Crippen LogP) is 11.4. The van der Waals surface area contributed by atoms with Crippen LogP contribution in [0.25, 0.3) is 0 Å². The van der Waals surface area contributed by atoms with Crippen molar-refractivity contribution in [3.05, 3.63) is 36.6 Å². The van der Waals surface area contributed by atoms with E-state index in [1.165, 1.54) is 96.3 Å². The molecule has 0 fully saturated rings. The van der Waals surface area contributed by atoms with Crippen LogP contribution in [0.2, 0.25) is 0 Å². The Morgan fingerprint density at radius 1 is 0.646 bits per heavy atom. The molecule has 0 rings (SSSR count). The molecular weight excluding hydrogens is 625 g/mol. The lowest BCUT2D eigenvalue weighted by atomic mass is 10.0. The van der Waals surface area contributed by atoms with Crippen LogP contribution in [0.5, 0.6) is 0 Å². The molecule has 0 aliphatic rings. The smallest absolute Gasteiger partial charge is 0.472 e. The highest BCUT2D eigenvalue weighted by Crippen LogP contribution is 2.43. The molecule has 0 aromatic rings. The number of hydrogen-bond acceptors (Lipinski definition) is 7. The van der Waals surface area contributed by atoms with Crippen LogP contribution in [0.15, 0.2) is 36.6 Å². The van der Waals surface area contributed by atoms with E-state index in [1.807, 2.05) is 6.08 Å². The summed E-state index contributed by atoms with van der Waals surface area (Å²) in [5.74, 6) is -0.367. The van der Waals surface area contributed by atoms with E-state index in [0.29, 0.717) is 0 Å². The van der Waals surface area contributed by atoms with E-state index in [4.69, 9.17) is 24.3 Å². The maximum atomic E-state index is 12.5.